The van der Waals surface area contributed by atoms with Crippen LogP contribution in [-0.2, 0) is 10.0 Å². The van der Waals surface area contributed by atoms with Gasteiger partial charge in [-0.15, -0.1) is 11.3 Å². The summed E-state index contributed by atoms with van der Waals surface area (Å²) in [6.07, 6.45) is 4.49. The van der Waals surface area contributed by atoms with E-state index >= 15 is 0 Å². The molecule has 0 aliphatic carbocycles. The first kappa shape index (κ1) is 18.4. The summed E-state index contributed by atoms with van der Waals surface area (Å²) in [5.74, 6) is 0. The highest BCUT2D eigenvalue weighted by atomic mass is 79.9. The van der Waals surface area contributed by atoms with Crippen molar-refractivity contribution in [2.24, 2.45) is 5.41 Å². The molecule has 0 atom stereocenters. The van der Waals surface area contributed by atoms with Crippen LogP contribution in [0.5, 0.6) is 0 Å². The second-order valence-electron chi connectivity index (χ2n) is 5.63. The zero-order valence-electron chi connectivity index (χ0n) is 12.0. The van der Waals surface area contributed by atoms with Gasteiger partial charge < -0.3 is 0 Å². The minimum atomic E-state index is -3.47. The SMILES string of the molecule is CCCCCC(C)(C)CNS(=O)(=O)c1cc(Cl)c(Br)s1. The Morgan fingerprint density at radius 2 is 2.05 bits per heavy atom. The molecule has 0 spiro atoms. The maximum Gasteiger partial charge on any atom is 0.250 e. The Morgan fingerprint density at radius 3 is 2.55 bits per heavy atom. The molecule has 0 bridgehead atoms. The highest BCUT2D eigenvalue weighted by molar-refractivity contribution is 9.11. The van der Waals surface area contributed by atoms with Crippen LogP contribution in [0.4, 0.5) is 0 Å². The summed E-state index contributed by atoms with van der Waals surface area (Å²) < 4.78 is 28.0. The minimum Gasteiger partial charge on any atom is -0.210 e. The van der Waals surface area contributed by atoms with Crippen molar-refractivity contribution in [3.05, 3.63) is 14.9 Å². The molecular formula is C13H21BrClNO2S2. The van der Waals surface area contributed by atoms with Gasteiger partial charge in [0.1, 0.15) is 4.21 Å². The standard InChI is InChI=1S/C13H21BrClNO2S2/c1-4-5-6-7-13(2,3)9-16-20(17,18)11-8-10(15)12(14)19-11/h8,16H,4-7,9H2,1-3H3. The summed E-state index contributed by atoms with van der Waals surface area (Å²) >= 11 is 10.2. The van der Waals surface area contributed by atoms with E-state index in [1.807, 2.05) is 0 Å². The first-order chi connectivity index (χ1) is 9.18. The van der Waals surface area contributed by atoms with E-state index in [9.17, 15) is 8.42 Å². The van der Waals surface area contributed by atoms with Crippen LogP contribution in [0.25, 0.3) is 0 Å². The van der Waals surface area contributed by atoms with Crippen molar-refractivity contribution >= 4 is 48.9 Å². The molecule has 0 saturated carbocycles. The lowest BCUT2D eigenvalue weighted by Crippen LogP contribution is -2.33. The highest BCUT2D eigenvalue weighted by Crippen LogP contribution is 2.34. The number of nitrogens with one attached hydrogen (secondary N) is 1. The van der Waals surface area contributed by atoms with E-state index in [-0.39, 0.29) is 9.62 Å². The average Bonchev–Trinajstić information content (AvgIpc) is 2.69. The molecule has 116 valence electrons. The van der Waals surface area contributed by atoms with Crippen molar-refractivity contribution in [3.63, 3.8) is 0 Å². The van der Waals surface area contributed by atoms with Crippen molar-refractivity contribution in [2.45, 2.75) is 50.7 Å². The third-order valence-corrected chi connectivity index (χ3v) is 7.43. The van der Waals surface area contributed by atoms with Crippen LogP contribution in [0.2, 0.25) is 5.02 Å². The summed E-state index contributed by atoms with van der Waals surface area (Å²) in [5.41, 5.74) is -0.0411. The molecule has 0 radical (unpaired) electrons. The van der Waals surface area contributed by atoms with Crippen LogP contribution in [-0.4, -0.2) is 15.0 Å². The number of sulfonamides is 1. The van der Waals surface area contributed by atoms with Crippen LogP contribution >= 0.6 is 38.9 Å². The lowest BCUT2D eigenvalue weighted by atomic mass is 9.87. The zero-order chi connectivity index (χ0) is 15.4. The Morgan fingerprint density at radius 1 is 1.40 bits per heavy atom. The van der Waals surface area contributed by atoms with Crippen LogP contribution < -0.4 is 4.72 Å². The largest absolute Gasteiger partial charge is 0.250 e. The van der Waals surface area contributed by atoms with Gasteiger partial charge in [-0.1, -0.05) is 51.6 Å². The first-order valence-corrected chi connectivity index (χ1v) is 10.1. The summed E-state index contributed by atoms with van der Waals surface area (Å²) in [7, 11) is -3.47. The Hall–Kier alpha value is 0.380. The van der Waals surface area contributed by atoms with Gasteiger partial charge in [0, 0.05) is 6.54 Å². The molecule has 0 amide bonds. The van der Waals surface area contributed by atoms with E-state index < -0.39 is 10.0 Å². The van der Waals surface area contributed by atoms with Gasteiger partial charge in [0.2, 0.25) is 10.0 Å². The molecule has 1 heterocycles. The van der Waals surface area contributed by atoms with Gasteiger partial charge in [-0.3, -0.25) is 0 Å². The summed E-state index contributed by atoms with van der Waals surface area (Å²) in [4.78, 5) is 0. The van der Waals surface area contributed by atoms with Crippen molar-refractivity contribution in [1.82, 2.24) is 4.72 Å². The number of rotatable bonds is 8. The quantitative estimate of drug-likeness (QED) is 0.618. The fourth-order valence-corrected chi connectivity index (χ4v) is 5.45. The molecule has 0 unspecified atom stereocenters. The normalized spacial score (nSPS) is 12.8. The van der Waals surface area contributed by atoms with Gasteiger partial charge in [0.15, 0.2) is 0 Å². The highest BCUT2D eigenvalue weighted by Gasteiger charge is 2.24. The smallest absolute Gasteiger partial charge is 0.210 e. The summed E-state index contributed by atoms with van der Waals surface area (Å²) in [6, 6.07) is 1.47. The lowest BCUT2D eigenvalue weighted by Gasteiger charge is -2.24. The molecule has 1 rings (SSSR count). The molecule has 1 aromatic rings. The predicted octanol–water partition coefficient (Wildman–Crippen LogP) is 5.05. The maximum atomic E-state index is 12.2. The molecule has 0 aromatic carbocycles. The number of halogens is 2. The molecule has 0 saturated heterocycles. The second kappa shape index (κ2) is 7.58. The Balaban J connectivity index is 2.63. The number of unbranched alkanes of at least 4 members (excludes halogenated alkanes) is 2. The number of hydrogen-bond acceptors (Lipinski definition) is 3. The van der Waals surface area contributed by atoms with E-state index in [1.165, 1.54) is 18.9 Å². The lowest BCUT2D eigenvalue weighted by molar-refractivity contribution is 0.320. The Bertz CT molecular complexity index is 521. The summed E-state index contributed by atoms with van der Waals surface area (Å²) in [6.45, 7) is 6.77. The molecule has 0 aliphatic rings. The van der Waals surface area contributed by atoms with Gasteiger partial charge >= 0.3 is 0 Å². The Labute approximate surface area is 139 Å². The third-order valence-electron chi connectivity index (χ3n) is 3.09. The molecule has 1 aromatic heterocycles. The molecule has 0 aliphatic heterocycles. The minimum absolute atomic E-state index is 0.0411. The predicted molar refractivity (Wildman–Crippen MR) is 90.1 cm³/mol. The van der Waals surface area contributed by atoms with E-state index in [0.717, 1.165) is 24.2 Å². The van der Waals surface area contributed by atoms with Crippen LogP contribution in [0.1, 0.15) is 46.5 Å². The van der Waals surface area contributed by atoms with E-state index in [0.29, 0.717) is 15.4 Å². The molecule has 20 heavy (non-hydrogen) atoms. The van der Waals surface area contributed by atoms with Gasteiger partial charge in [0.05, 0.1) is 8.81 Å². The number of thiophene rings is 1. The van der Waals surface area contributed by atoms with Crippen LogP contribution in [0, 0.1) is 5.41 Å². The number of hydrogen-bond donors (Lipinski definition) is 1. The van der Waals surface area contributed by atoms with Crippen molar-refractivity contribution in [1.29, 1.82) is 0 Å². The fourth-order valence-electron chi connectivity index (χ4n) is 1.76. The van der Waals surface area contributed by atoms with Gasteiger partial charge in [0.25, 0.3) is 0 Å². The molecule has 1 N–H and O–H groups in total. The van der Waals surface area contributed by atoms with Gasteiger partial charge in [-0.2, -0.15) is 0 Å². The zero-order valence-corrected chi connectivity index (χ0v) is 16.0. The van der Waals surface area contributed by atoms with E-state index in [2.05, 4.69) is 41.4 Å². The molecule has 3 nitrogen and oxygen atoms in total. The molecular weight excluding hydrogens is 382 g/mol. The topological polar surface area (TPSA) is 46.2 Å². The first-order valence-electron chi connectivity index (χ1n) is 6.62. The monoisotopic (exact) mass is 401 g/mol. The Kier molecular flexibility index (Phi) is 6.99. The second-order valence-corrected chi connectivity index (χ2v) is 10.4. The van der Waals surface area contributed by atoms with Crippen molar-refractivity contribution in [3.8, 4) is 0 Å². The van der Waals surface area contributed by atoms with E-state index in [4.69, 9.17) is 11.6 Å². The van der Waals surface area contributed by atoms with Gasteiger partial charge in [-0.05, 0) is 33.8 Å². The molecule has 0 fully saturated rings. The van der Waals surface area contributed by atoms with Crippen LogP contribution in [0.3, 0.4) is 0 Å². The maximum absolute atomic E-state index is 12.2. The van der Waals surface area contributed by atoms with Gasteiger partial charge in [-0.25, -0.2) is 13.1 Å². The van der Waals surface area contributed by atoms with Crippen molar-refractivity contribution < 1.29 is 8.42 Å². The summed E-state index contributed by atoms with van der Waals surface area (Å²) in [5, 5.41) is 0.428. The third kappa shape index (κ3) is 5.64. The van der Waals surface area contributed by atoms with Crippen LogP contribution in [0.15, 0.2) is 14.1 Å². The average molecular weight is 403 g/mol. The van der Waals surface area contributed by atoms with Crippen molar-refractivity contribution in [2.75, 3.05) is 6.54 Å². The fraction of sp³-hybridized carbons (Fsp3) is 0.692. The molecule has 7 heteroatoms. The van der Waals surface area contributed by atoms with E-state index in [1.54, 1.807) is 0 Å².